The summed E-state index contributed by atoms with van der Waals surface area (Å²) in [5.41, 5.74) is 1.51. The number of likely N-dealkylation sites (N-methyl/N-ethyl adjacent to an activating group) is 1. The lowest BCUT2D eigenvalue weighted by Gasteiger charge is -2.26. The molecule has 5 rings (SSSR count). The van der Waals surface area contributed by atoms with Crippen molar-refractivity contribution in [1.29, 1.82) is 0 Å². The molecule has 3 aromatic carbocycles. The molecule has 6 nitrogen and oxygen atoms in total. The highest BCUT2D eigenvalue weighted by molar-refractivity contribution is 6.06. The van der Waals surface area contributed by atoms with Gasteiger partial charge in [0, 0.05) is 18.5 Å². The van der Waals surface area contributed by atoms with E-state index in [0.717, 1.165) is 16.3 Å². The Morgan fingerprint density at radius 2 is 1.81 bits per heavy atom. The molecule has 2 heterocycles. The van der Waals surface area contributed by atoms with Crippen molar-refractivity contribution in [3.63, 3.8) is 0 Å². The van der Waals surface area contributed by atoms with Gasteiger partial charge < -0.3 is 19.0 Å². The minimum absolute atomic E-state index is 0.130. The molecule has 0 saturated heterocycles. The second-order valence-electron chi connectivity index (χ2n) is 8.32. The SMILES string of the molecule is COc1cccc([C@H]2c3c(oc4c(ccc5ccccc54)c3=O)C(=O)N2CCN(C)C)c1. The van der Waals surface area contributed by atoms with Gasteiger partial charge in [0.25, 0.3) is 5.91 Å². The molecule has 0 spiro atoms. The predicted octanol–water partition coefficient (Wildman–Crippen LogP) is 4.06. The van der Waals surface area contributed by atoms with Crippen LogP contribution in [0.1, 0.15) is 27.7 Å². The van der Waals surface area contributed by atoms with E-state index in [1.54, 1.807) is 18.1 Å². The van der Waals surface area contributed by atoms with Gasteiger partial charge in [-0.3, -0.25) is 9.59 Å². The van der Waals surface area contributed by atoms with Crippen molar-refractivity contribution in [2.75, 3.05) is 34.3 Å². The molecule has 0 bridgehead atoms. The van der Waals surface area contributed by atoms with Crippen LogP contribution in [-0.2, 0) is 0 Å². The van der Waals surface area contributed by atoms with Crippen LogP contribution in [0, 0.1) is 0 Å². The average molecular weight is 428 g/mol. The Balaban J connectivity index is 1.77. The molecule has 1 aliphatic heterocycles. The van der Waals surface area contributed by atoms with E-state index >= 15 is 0 Å². The largest absolute Gasteiger partial charge is 0.497 e. The van der Waals surface area contributed by atoms with Gasteiger partial charge in [-0.15, -0.1) is 0 Å². The number of carbonyl (C=O) groups is 1. The van der Waals surface area contributed by atoms with E-state index in [1.165, 1.54) is 0 Å². The Hall–Kier alpha value is -3.64. The monoisotopic (exact) mass is 428 g/mol. The zero-order valence-corrected chi connectivity index (χ0v) is 18.3. The molecule has 1 atom stereocenters. The summed E-state index contributed by atoms with van der Waals surface area (Å²) in [5, 5.41) is 2.27. The molecule has 6 heteroatoms. The lowest BCUT2D eigenvalue weighted by Crippen LogP contribution is -2.35. The fourth-order valence-electron chi connectivity index (χ4n) is 4.44. The molecule has 1 aliphatic rings. The Bertz CT molecular complexity index is 1410. The van der Waals surface area contributed by atoms with E-state index in [1.807, 2.05) is 73.6 Å². The average Bonchev–Trinajstić information content (AvgIpc) is 3.09. The number of amides is 1. The first-order valence-corrected chi connectivity index (χ1v) is 10.6. The topological polar surface area (TPSA) is 63.0 Å². The van der Waals surface area contributed by atoms with E-state index in [-0.39, 0.29) is 17.1 Å². The van der Waals surface area contributed by atoms with Crippen molar-refractivity contribution >= 4 is 27.6 Å². The molecule has 0 radical (unpaired) electrons. The van der Waals surface area contributed by atoms with Crippen LogP contribution in [0.4, 0.5) is 0 Å². The summed E-state index contributed by atoms with van der Waals surface area (Å²) in [6.45, 7) is 1.13. The first kappa shape index (κ1) is 20.3. The number of nitrogens with zero attached hydrogens (tertiary/aromatic N) is 2. The maximum absolute atomic E-state index is 13.8. The minimum Gasteiger partial charge on any atom is -0.497 e. The normalized spacial score (nSPS) is 15.7. The second kappa shape index (κ2) is 7.80. The quantitative estimate of drug-likeness (QED) is 0.449. The van der Waals surface area contributed by atoms with E-state index in [0.29, 0.717) is 35.4 Å². The lowest BCUT2D eigenvalue weighted by molar-refractivity contribution is 0.0716. The number of ether oxygens (including phenoxy) is 1. The molecule has 162 valence electrons. The molecule has 0 aliphatic carbocycles. The van der Waals surface area contributed by atoms with Crippen molar-refractivity contribution in [1.82, 2.24) is 9.80 Å². The van der Waals surface area contributed by atoms with Crippen molar-refractivity contribution in [2.24, 2.45) is 0 Å². The van der Waals surface area contributed by atoms with E-state index in [9.17, 15) is 9.59 Å². The molecule has 4 aromatic rings. The van der Waals surface area contributed by atoms with E-state index in [4.69, 9.17) is 9.15 Å². The van der Waals surface area contributed by atoms with Crippen LogP contribution in [0.3, 0.4) is 0 Å². The fourth-order valence-corrected chi connectivity index (χ4v) is 4.44. The Morgan fingerprint density at radius 3 is 2.59 bits per heavy atom. The zero-order valence-electron chi connectivity index (χ0n) is 18.3. The van der Waals surface area contributed by atoms with Crippen molar-refractivity contribution in [2.45, 2.75) is 6.04 Å². The third-order valence-electron chi connectivity index (χ3n) is 6.06. The number of hydrogen-bond donors (Lipinski definition) is 0. The minimum atomic E-state index is -0.528. The smallest absolute Gasteiger partial charge is 0.290 e. The maximum Gasteiger partial charge on any atom is 0.290 e. The van der Waals surface area contributed by atoms with Gasteiger partial charge in [-0.1, -0.05) is 42.5 Å². The standard InChI is InChI=1S/C26H24N2O4/c1-27(2)13-14-28-22(17-8-6-9-18(15-17)31-3)21-23(29)20-12-11-16-7-4-5-10-19(16)24(20)32-25(21)26(28)30/h4-12,15,22H,13-14H2,1-3H3/t22-/m0/s1. The molecular weight excluding hydrogens is 404 g/mol. The number of carbonyl (C=O) groups excluding carboxylic acids is 1. The summed E-state index contributed by atoms with van der Waals surface area (Å²) in [5.74, 6) is 0.541. The summed E-state index contributed by atoms with van der Waals surface area (Å²) in [6.07, 6.45) is 0. The van der Waals surface area contributed by atoms with Gasteiger partial charge in [0.2, 0.25) is 5.76 Å². The maximum atomic E-state index is 13.8. The third kappa shape index (κ3) is 3.15. The number of hydrogen-bond acceptors (Lipinski definition) is 5. The van der Waals surface area contributed by atoms with Crippen molar-refractivity contribution < 1.29 is 13.9 Å². The molecule has 0 N–H and O–H groups in total. The van der Waals surface area contributed by atoms with Crippen molar-refractivity contribution in [3.05, 3.63) is 87.8 Å². The van der Waals surface area contributed by atoms with Crippen LogP contribution in [0.5, 0.6) is 5.75 Å². The van der Waals surface area contributed by atoms with Gasteiger partial charge in [0.1, 0.15) is 11.3 Å². The first-order valence-electron chi connectivity index (χ1n) is 10.6. The first-order chi connectivity index (χ1) is 15.5. The van der Waals surface area contributed by atoms with Crippen LogP contribution in [0.15, 0.2) is 69.9 Å². The summed E-state index contributed by atoms with van der Waals surface area (Å²) >= 11 is 0. The van der Waals surface area contributed by atoms with Crippen molar-refractivity contribution in [3.8, 4) is 5.75 Å². The molecule has 32 heavy (non-hydrogen) atoms. The highest BCUT2D eigenvalue weighted by Gasteiger charge is 2.42. The van der Waals surface area contributed by atoms with E-state index in [2.05, 4.69) is 0 Å². The molecule has 0 saturated carbocycles. The van der Waals surface area contributed by atoms with Gasteiger partial charge in [-0.25, -0.2) is 0 Å². The summed E-state index contributed by atoms with van der Waals surface area (Å²) in [4.78, 5) is 31.0. The summed E-state index contributed by atoms with van der Waals surface area (Å²) < 4.78 is 11.6. The van der Waals surface area contributed by atoms with Gasteiger partial charge in [-0.05, 0) is 43.2 Å². The van der Waals surface area contributed by atoms with Gasteiger partial charge in [0.15, 0.2) is 5.43 Å². The van der Waals surface area contributed by atoms with Crippen LogP contribution >= 0.6 is 0 Å². The number of benzene rings is 3. The van der Waals surface area contributed by atoms with Gasteiger partial charge >= 0.3 is 0 Å². The highest BCUT2D eigenvalue weighted by atomic mass is 16.5. The van der Waals surface area contributed by atoms with Crippen LogP contribution in [0.25, 0.3) is 21.7 Å². The van der Waals surface area contributed by atoms with Crippen LogP contribution in [-0.4, -0.2) is 50.0 Å². The zero-order chi connectivity index (χ0) is 22.4. The fraction of sp³-hybridized carbons (Fsp3) is 0.231. The highest BCUT2D eigenvalue weighted by Crippen LogP contribution is 2.39. The molecule has 0 fully saturated rings. The summed E-state index contributed by atoms with van der Waals surface area (Å²) in [6, 6.07) is 18.4. The van der Waals surface area contributed by atoms with Crippen LogP contribution < -0.4 is 10.2 Å². The number of rotatable bonds is 5. The Kier molecular flexibility index (Phi) is 4.94. The van der Waals surface area contributed by atoms with Gasteiger partial charge in [-0.2, -0.15) is 0 Å². The Labute approximate surface area is 185 Å². The molecule has 0 unspecified atom stereocenters. The van der Waals surface area contributed by atoms with Gasteiger partial charge in [0.05, 0.1) is 24.1 Å². The number of methoxy groups -OCH3 is 1. The molecule has 1 amide bonds. The Morgan fingerprint density at radius 1 is 1.00 bits per heavy atom. The summed E-state index contributed by atoms with van der Waals surface area (Å²) in [7, 11) is 5.51. The lowest BCUT2D eigenvalue weighted by atomic mass is 9.97. The molecular formula is C26H24N2O4. The van der Waals surface area contributed by atoms with E-state index < -0.39 is 6.04 Å². The van der Waals surface area contributed by atoms with Crippen LogP contribution in [0.2, 0.25) is 0 Å². The predicted molar refractivity (Wildman–Crippen MR) is 124 cm³/mol. The third-order valence-corrected chi connectivity index (χ3v) is 6.06. The second-order valence-corrected chi connectivity index (χ2v) is 8.32. The number of fused-ring (bicyclic) bond motifs is 4. The molecule has 1 aromatic heterocycles.